The molecule has 0 spiro atoms. The molecule has 1 atom stereocenters. The molecule has 0 radical (unpaired) electrons. The van der Waals surface area contributed by atoms with Crippen LogP contribution in [0.2, 0.25) is 0 Å². The first-order chi connectivity index (χ1) is 2.64. The first-order valence-corrected chi connectivity index (χ1v) is 1.53. The second kappa shape index (κ2) is 7.27. The van der Waals surface area contributed by atoms with Gasteiger partial charge in [-0.05, 0) is 6.92 Å². The molecule has 0 amide bonds. The molecule has 0 aliphatic carbocycles. The van der Waals surface area contributed by atoms with Crippen LogP contribution in [0, 0.1) is 0 Å². The molecule has 4 nitrogen and oxygen atoms in total. The van der Waals surface area contributed by atoms with Gasteiger partial charge in [0.15, 0.2) is 0 Å². The van der Waals surface area contributed by atoms with Gasteiger partial charge in [0.05, 0.1) is 12.1 Å². The molecule has 0 saturated heterocycles. The quantitative estimate of drug-likeness (QED) is 0.522. The zero-order valence-electron chi connectivity index (χ0n) is 4.55. The zero-order chi connectivity index (χ0) is 5.15. The standard InChI is InChI=1S/C3H6O3.H3N.Zr/c1-2(4)3(5)6;;/h2,4H,1H3,(H,5,6);1H3;/q;;+2/p-1. The van der Waals surface area contributed by atoms with E-state index in [2.05, 4.69) is 0 Å². The number of carboxylic acids is 1. The molecule has 0 aliphatic heterocycles. The average Bonchev–Trinajstić information content (AvgIpc) is 1.36. The van der Waals surface area contributed by atoms with E-state index in [1.54, 1.807) is 0 Å². The Morgan fingerprint density at radius 1 is 1.75 bits per heavy atom. The van der Waals surface area contributed by atoms with Gasteiger partial charge in [-0.3, -0.25) is 0 Å². The van der Waals surface area contributed by atoms with Crippen molar-refractivity contribution in [2.24, 2.45) is 0 Å². The Hall–Kier alpha value is 0.273. The summed E-state index contributed by atoms with van der Waals surface area (Å²) in [7, 11) is 0. The van der Waals surface area contributed by atoms with Crippen LogP contribution < -0.4 is 11.3 Å². The minimum absolute atomic E-state index is 0. The van der Waals surface area contributed by atoms with E-state index in [-0.39, 0.29) is 32.4 Å². The Morgan fingerprint density at radius 2 is 1.88 bits per heavy atom. The first kappa shape index (κ1) is 15.7. The molecular weight excluding hydrogens is 189 g/mol. The van der Waals surface area contributed by atoms with E-state index in [0.717, 1.165) is 6.92 Å². The van der Waals surface area contributed by atoms with Crippen molar-refractivity contribution >= 4 is 5.97 Å². The van der Waals surface area contributed by atoms with Crippen molar-refractivity contribution in [3.05, 3.63) is 0 Å². The Kier molecular flexibility index (Phi) is 14.3. The summed E-state index contributed by atoms with van der Waals surface area (Å²) in [4.78, 5) is 9.34. The predicted octanol–water partition coefficient (Wildman–Crippen LogP) is -1.72. The Balaban J connectivity index is -0.000000125. The van der Waals surface area contributed by atoms with E-state index >= 15 is 0 Å². The van der Waals surface area contributed by atoms with E-state index in [0.29, 0.717) is 0 Å². The van der Waals surface area contributed by atoms with Crippen molar-refractivity contribution in [2.45, 2.75) is 13.0 Å². The minimum atomic E-state index is -1.44. The molecule has 1 unspecified atom stereocenters. The number of carbonyl (C=O) groups is 1. The molecule has 0 aromatic rings. The van der Waals surface area contributed by atoms with Crippen molar-refractivity contribution in [3.63, 3.8) is 0 Å². The number of aliphatic carboxylic acids is 1. The second-order valence-electron chi connectivity index (χ2n) is 0.995. The van der Waals surface area contributed by atoms with E-state index < -0.39 is 12.1 Å². The van der Waals surface area contributed by atoms with Gasteiger partial charge in [0.1, 0.15) is 0 Å². The van der Waals surface area contributed by atoms with Crippen LogP contribution in [0.3, 0.4) is 0 Å². The van der Waals surface area contributed by atoms with E-state index in [1.807, 2.05) is 0 Å². The maximum Gasteiger partial charge on any atom is 2.00 e. The van der Waals surface area contributed by atoms with Crippen LogP contribution in [0.15, 0.2) is 0 Å². The summed E-state index contributed by atoms with van der Waals surface area (Å²) in [5.41, 5.74) is 0. The smallest absolute Gasteiger partial charge is 0.547 e. The fraction of sp³-hybridized carbons (Fsp3) is 0.667. The Morgan fingerprint density at radius 3 is 1.88 bits per heavy atom. The molecule has 46 valence electrons. The van der Waals surface area contributed by atoms with Crippen molar-refractivity contribution in [1.29, 1.82) is 0 Å². The molecule has 4 N–H and O–H groups in total. The number of rotatable bonds is 1. The monoisotopic (exact) mass is 196 g/mol. The molecular formula is C3H8NO3Zr+. The third kappa shape index (κ3) is 9.55. The van der Waals surface area contributed by atoms with Crippen molar-refractivity contribution in [1.82, 2.24) is 6.15 Å². The van der Waals surface area contributed by atoms with Crippen LogP contribution in [-0.2, 0) is 31.0 Å². The summed E-state index contributed by atoms with van der Waals surface area (Å²) in [5, 5.41) is 17.3. The molecule has 0 bridgehead atoms. The third-order valence-corrected chi connectivity index (χ3v) is 0.341. The topological polar surface area (TPSA) is 95.4 Å². The molecule has 0 heterocycles. The summed E-state index contributed by atoms with van der Waals surface area (Å²) >= 11 is 0. The molecule has 5 heteroatoms. The summed E-state index contributed by atoms with van der Waals surface area (Å²) in [6, 6.07) is 0. The van der Waals surface area contributed by atoms with Gasteiger partial charge in [-0.2, -0.15) is 0 Å². The fourth-order valence-corrected chi connectivity index (χ4v) is 0. The van der Waals surface area contributed by atoms with Gasteiger partial charge in [-0.1, -0.05) is 0 Å². The van der Waals surface area contributed by atoms with Gasteiger partial charge in [0.2, 0.25) is 0 Å². The molecule has 0 fully saturated rings. The van der Waals surface area contributed by atoms with Crippen molar-refractivity contribution < 1.29 is 41.2 Å². The van der Waals surface area contributed by atoms with Crippen LogP contribution in [0.1, 0.15) is 6.92 Å². The SMILES string of the molecule is CC(O)C(=O)[O-].N.[Zr+2]. The summed E-state index contributed by atoms with van der Waals surface area (Å²) in [5.74, 6) is -1.44. The maximum absolute atomic E-state index is 9.34. The van der Waals surface area contributed by atoms with Crippen molar-refractivity contribution in [2.75, 3.05) is 0 Å². The van der Waals surface area contributed by atoms with Crippen LogP contribution >= 0.6 is 0 Å². The Bertz CT molecular complexity index is 65.5. The molecule has 0 aromatic carbocycles. The van der Waals surface area contributed by atoms with E-state index in [4.69, 9.17) is 5.11 Å². The van der Waals surface area contributed by atoms with E-state index in [9.17, 15) is 9.90 Å². The van der Waals surface area contributed by atoms with Crippen LogP contribution in [0.4, 0.5) is 0 Å². The minimum Gasteiger partial charge on any atom is -0.547 e. The average molecular weight is 197 g/mol. The second-order valence-corrected chi connectivity index (χ2v) is 0.995. The molecule has 0 rings (SSSR count). The van der Waals surface area contributed by atoms with Gasteiger partial charge in [-0.25, -0.2) is 0 Å². The van der Waals surface area contributed by atoms with Gasteiger partial charge < -0.3 is 21.2 Å². The number of aliphatic hydroxyl groups is 1. The van der Waals surface area contributed by atoms with E-state index in [1.165, 1.54) is 0 Å². The zero-order valence-corrected chi connectivity index (χ0v) is 7.01. The van der Waals surface area contributed by atoms with Gasteiger partial charge in [-0.15, -0.1) is 0 Å². The number of carboxylic acid groups (broad SMARTS) is 1. The molecule has 0 aromatic heterocycles. The van der Waals surface area contributed by atoms with Crippen LogP contribution in [0.25, 0.3) is 0 Å². The number of hydrogen-bond acceptors (Lipinski definition) is 4. The van der Waals surface area contributed by atoms with Crippen LogP contribution in [-0.4, -0.2) is 17.2 Å². The number of aliphatic hydroxyl groups excluding tert-OH is 1. The summed E-state index contributed by atoms with van der Waals surface area (Å²) < 4.78 is 0. The first-order valence-electron chi connectivity index (χ1n) is 1.53. The summed E-state index contributed by atoms with van der Waals surface area (Å²) in [6.07, 6.45) is -1.34. The van der Waals surface area contributed by atoms with Crippen LogP contribution in [0.5, 0.6) is 0 Å². The predicted molar refractivity (Wildman–Crippen MR) is 21.7 cm³/mol. The summed E-state index contributed by atoms with van der Waals surface area (Å²) in [6.45, 7) is 1.13. The van der Waals surface area contributed by atoms with Gasteiger partial charge >= 0.3 is 26.2 Å². The number of hydrogen-bond donors (Lipinski definition) is 2. The maximum atomic E-state index is 9.34. The molecule has 0 saturated carbocycles. The van der Waals surface area contributed by atoms with Gasteiger partial charge in [0, 0.05) is 0 Å². The molecule has 8 heavy (non-hydrogen) atoms. The Labute approximate surface area is 66.6 Å². The molecule has 0 aliphatic rings. The number of carbonyl (C=O) groups excluding carboxylic acids is 1. The van der Waals surface area contributed by atoms with Crippen molar-refractivity contribution in [3.8, 4) is 0 Å². The largest absolute Gasteiger partial charge is 2.00 e. The fourth-order valence-electron chi connectivity index (χ4n) is 0. The third-order valence-electron chi connectivity index (χ3n) is 0.341. The normalized spacial score (nSPS) is 10.2. The van der Waals surface area contributed by atoms with Gasteiger partial charge in [0.25, 0.3) is 0 Å².